The highest BCUT2D eigenvalue weighted by molar-refractivity contribution is 7.00. The van der Waals surface area contributed by atoms with E-state index in [0.717, 1.165) is 21.9 Å². The molecule has 0 bridgehead atoms. The number of anilines is 3. The minimum absolute atomic E-state index is 0.0433. The Bertz CT molecular complexity index is 3750. The average molecular weight is 849 g/mol. The quantitative estimate of drug-likeness (QED) is 0.165. The Labute approximate surface area is 386 Å². The van der Waals surface area contributed by atoms with E-state index in [9.17, 15) is 0 Å². The number of aromatic nitrogens is 1. The van der Waals surface area contributed by atoms with Crippen LogP contribution in [0.4, 0.5) is 17.1 Å². The number of hydrogen-bond donors (Lipinski definition) is 0. The second-order valence-electron chi connectivity index (χ2n) is 20.5. The molecule has 13 rings (SSSR count). The SMILES string of the molecule is CC(C)(C)c1cc(-c2cccc(-c3ccccc3)c2N2c3cc4c(cc3B3c5c2cccc5-n2c5cc(-c6ccccc6)ccc5c5cccc3c52)oc2ccccc24)cc(C(C)(C)C)c1. The molecule has 2 aliphatic heterocycles. The molecular formula is C62H49BN2O. The molecule has 9 aromatic carbocycles. The Morgan fingerprint density at radius 3 is 1.79 bits per heavy atom. The fraction of sp³-hybridized carbons (Fsp3) is 0.129. The third-order valence-electron chi connectivity index (χ3n) is 14.5. The number of nitrogens with zero attached hydrogens (tertiary/aromatic N) is 2. The molecule has 11 aromatic rings. The standard InChI is InChI=1S/C62H49BN2O/c1-61(2,3)42-32-41(33-43(35-42)62(4,5)6)45-24-15-23-44(39-20-11-8-12-21-39)59(45)65-53-28-17-27-52-58(53)63(51-37-57-49(36-55(51)65)47-22-13-14-29-56(47)66-57)50-26-16-25-48-46-31-30-40(38-18-9-7-10-19-38)34-54(46)64(52)60(48)50/h7-37H,1-6H3. The van der Waals surface area contributed by atoms with E-state index in [2.05, 4.69) is 239 Å². The molecule has 2 aliphatic rings. The Hall–Kier alpha value is -7.56. The van der Waals surface area contributed by atoms with Gasteiger partial charge in [-0.25, -0.2) is 0 Å². The average Bonchev–Trinajstić information content (AvgIpc) is 3.87. The summed E-state index contributed by atoms with van der Waals surface area (Å²) in [6.45, 7) is 14.0. The minimum atomic E-state index is -0.0523. The van der Waals surface area contributed by atoms with Crippen LogP contribution >= 0.6 is 0 Å². The summed E-state index contributed by atoms with van der Waals surface area (Å²) in [4.78, 5) is 2.62. The number of hydrogen-bond acceptors (Lipinski definition) is 2. The van der Waals surface area contributed by atoms with Crippen molar-refractivity contribution < 1.29 is 4.42 Å². The Kier molecular flexibility index (Phi) is 8.23. The summed E-state index contributed by atoms with van der Waals surface area (Å²) in [6, 6.07) is 70.3. The topological polar surface area (TPSA) is 21.3 Å². The van der Waals surface area contributed by atoms with Crippen molar-refractivity contribution in [2.75, 3.05) is 4.90 Å². The Balaban J connectivity index is 1.18. The van der Waals surface area contributed by atoms with Crippen molar-refractivity contribution in [3.8, 4) is 39.1 Å². The summed E-state index contributed by atoms with van der Waals surface area (Å²) in [5.41, 5.74) is 22.7. The molecule has 0 amide bonds. The molecule has 4 heterocycles. The van der Waals surface area contributed by atoms with E-state index in [4.69, 9.17) is 4.42 Å². The van der Waals surface area contributed by atoms with Gasteiger partial charge in [0.1, 0.15) is 11.2 Å². The summed E-state index contributed by atoms with van der Waals surface area (Å²) in [5, 5.41) is 4.78. The summed E-state index contributed by atoms with van der Waals surface area (Å²) in [5.74, 6) is 0. The highest BCUT2D eigenvalue weighted by Crippen LogP contribution is 2.50. The molecule has 0 saturated heterocycles. The van der Waals surface area contributed by atoms with Crippen LogP contribution in [-0.2, 0) is 10.8 Å². The van der Waals surface area contributed by atoms with Crippen LogP contribution in [0.2, 0.25) is 0 Å². The molecule has 0 saturated carbocycles. The molecule has 0 atom stereocenters. The van der Waals surface area contributed by atoms with Crippen LogP contribution in [0.25, 0.3) is 82.8 Å². The van der Waals surface area contributed by atoms with Gasteiger partial charge < -0.3 is 13.9 Å². The van der Waals surface area contributed by atoms with E-state index in [0.29, 0.717) is 0 Å². The van der Waals surface area contributed by atoms with Gasteiger partial charge in [0, 0.05) is 55.3 Å². The van der Waals surface area contributed by atoms with Crippen LogP contribution in [0, 0.1) is 0 Å². The maximum absolute atomic E-state index is 6.79. The first-order valence-electron chi connectivity index (χ1n) is 23.4. The lowest BCUT2D eigenvalue weighted by Crippen LogP contribution is -2.60. The first-order chi connectivity index (χ1) is 32.0. The zero-order valence-electron chi connectivity index (χ0n) is 38.3. The van der Waals surface area contributed by atoms with Crippen molar-refractivity contribution in [2.45, 2.75) is 52.4 Å². The Morgan fingerprint density at radius 1 is 0.409 bits per heavy atom. The number of rotatable bonds is 4. The minimum Gasteiger partial charge on any atom is -0.456 e. The van der Waals surface area contributed by atoms with E-state index in [-0.39, 0.29) is 17.5 Å². The number of para-hydroxylation sites is 3. The second kappa shape index (κ2) is 14.0. The van der Waals surface area contributed by atoms with Gasteiger partial charge in [-0.15, -0.1) is 0 Å². The van der Waals surface area contributed by atoms with Gasteiger partial charge in [0.2, 0.25) is 0 Å². The monoisotopic (exact) mass is 848 g/mol. The molecule has 4 heteroatoms. The molecule has 0 N–H and O–H groups in total. The highest BCUT2D eigenvalue weighted by atomic mass is 16.3. The zero-order chi connectivity index (χ0) is 44.6. The third kappa shape index (κ3) is 5.70. The molecule has 0 unspecified atom stereocenters. The number of fused-ring (bicyclic) bond motifs is 10. The van der Waals surface area contributed by atoms with Gasteiger partial charge in [-0.3, -0.25) is 0 Å². The van der Waals surface area contributed by atoms with Gasteiger partial charge in [0.25, 0.3) is 6.71 Å². The molecule has 0 fully saturated rings. The third-order valence-corrected chi connectivity index (χ3v) is 14.5. The van der Waals surface area contributed by atoms with Crippen LogP contribution in [-0.4, -0.2) is 11.3 Å². The largest absolute Gasteiger partial charge is 0.456 e. The lowest BCUT2D eigenvalue weighted by Gasteiger charge is -2.41. The van der Waals surface area contributed by atoms with Crippen molar-refractivity contribution in [3.63, 3.8) is 0 Å². The zero-order valence-corrected chi connectivity index (χ0v) is 38.3. The lowest BCUT2D eigenvalue weighted by atomic mass is 9.33. The van der Waals surface area contributed by atoms with Crippen molar-refractivity contribution >= 4 is 83.9 Å². The predicted octanol–water partition coefficient (Wildman–Crippen LogP) is 14.9. The first-order valence-corrected chi connectivity index (χ1v) is 23.4. The van der Waals surface area contributed by atoms with Gasteiger partial charge in [-0.2, -0.15) is 0 Å². The molecule has 66 heavy (non-hydrogen) atoms. The van der Waals surface area contributed by atoms with Crippen LogP contribution in [0.15, 0.2) is 192 Å². The summed E-state index contributed by atoms with van der Waals surface area (Å²) in [6.07, 6.45) is 0. The predicted molar refractivity (Wildman–Crippen MR) is 281 cm³/mol. The molecule has 316 valence electrons. The van der Waals surface area contributed by atoms with Gasteiger partial charge in [0.15, 0.2) is 0 Å². The van der Waals surface area contributed by atoms with Gasteiger partial charge in [-0.05, 0) is 97.0 Å². The smallest absolute Gasteiger partial charge is 0.252 e. The summed E-state index contributed by atoms with van der Waals surface area (Å²) >= 11 is 0. The molecule has 2 aromatic heterocycles. The van der Waals surface area contributed by atoms with E-state index in [1.165, 1.54) is 105 Å². The fourth-order valence-electron chi connectivity index (χ4n) is 11.2. The molecule has 3 nitrogen and oxygen atoms in total. The second-order valence-corrected chi connectivity index (χ2v) is 20.5. The van der Waals surface area contributed by atoms with Crippen molar-refractivity contribution in [3.05, 3.63) is 199 Å². The summed E-state index contributed by atoms with van der Waals surface area (Å²) in [7, 11) is 0. The Morgan fingerprint density at radius 2 is 1.05 bits per heavy atom. The van der Waals surface area contributed by atoms with Crippen LogP contribution in [0.1, 0.15) is 52.7 Å². The maximum Gasteiger partial charge on any atom is 0.252 e. The van der Waals surface area contributed by atoms with E-state index < -0.39 is 0 Å². The lowest BCUT2D eigenvalue weighted by molar-refractivity contribution is 0.569. The normalized spacial score (nSPS) is 13.2. The van der Waals surface area contributed by atoms with E-state index in [1.807, 2.05) is 0 Å². The van der Waals surface area contributed by atoms with Crippen LogP contribution in [0.5, 0.6) is 0 Å². The van der Waals surface area contributed by atoms with Gasteiger partial charge >= 0.3 is 0 Å². The molecular weight excluding hydrogens is 800 g/mol. The molecule has 0 aliphatic carbocycles. The molecule has 0 radical (unpaired) electrons. The van der Waals surface area contributed by atoms with Gasteiger partial charge in [-0.1, -0.05) is 193 Å². The van der Waals surface area contributed by atoms with Crippen molar-refractivity contribution in [2.24, 2.45) is 0 Å². The maximum atomic E-state index is 6.79. The van der Waals surface area contributed by atoms with Crippen molar-refractivity contribution in [1.82, 2.24) is 4.57 Å². The number of benzene rings is 9. The molecule has 0 spiro atoms. The van der Waals surface area contributed by atoms with Crippen molar-refractivity contribution in [1.29, 1.82) is 0 Å². The fourth-order valence-corrected chi connectivity index (χ4v) is 11.2. The van der Waals surface area contributed by atoms with Crippen LogP contribution in [0.3, 0.4) is 0 Å². The van der Waals surface area contributed by atoms with E-state index >= 15 is 0 Å². The highest BCUT2D eigenvalue weighted by Gasteiger charge is 2.43. The van der Waals surface area contributed by atoms with Gasteiger partial charge in [0.05, 0.1) is 11.2 Å². The first kappa shape index (κ1) is 38.9. The number of furan rings is 1. The summed E-state index contributed by atoms with van der Waals surface area (Å²) < 4.78 is 9.35. The van der Waals surface area contributed by atoms with E-state index in [1.54, 1.807) is 0 Å². The van der Waals surface area contributed by atoms with Crippen LogP contribution < -0.4 is 21.3 Å².